The maximum absolute atomic E-state index is 13.7. The van der Waals surface area contributed by atoms with Crippen LogP contribution in [0.25, 0.3) is 0 Å². The van der Waals surface area contributed by atoms with E-state index in [9.17, 15) is 18.0 Å². The lowest BCUT2D eigenvalue weighted by Gasteiger charge is -2.32. The summed E-state index contributed by atoms with van der Waals surface area (Å²) >= 11 is 12.2. The molecule has 9 nitrogen and oxygen atoms in total. The summed E-state index contributed by atoms with van der Waals surface area (Å²) in [5.41, 5.74) is 0.893. The van der Waals surface area contributed by atoms with Gasteiger partial charge in [0.05, 0.1) is 21.5 Å². The molecule has 2 aromatic carbocycles. The van der Waals surface area contributed by atoms with Crippen LogP contribution in [-0.4, -0.2) is 56.3 Å². The van der Waals surface area contributed by atoms with E-state index in [2.05, 4.69) is 5.32 Å². The second kappa shape index (κ2) is 12.2. The lowest BCUT2D eigenvalue weighted by atomic mass is 10.1. The van der Waals surface area contributed by atoms with Crippen molar-refractivity contribution in [2.45, 2.75) is 52.7 Å². The van der Waals surface area contributed by atoms with Crippen LogP contribution in [0.3, 0.4) is 0 Å². The van der Waals surface area contributed by atoms with E-state index in [1.165, 1.54) is 17.9 Å². The minimum atomic E-state index is -3.86. The molecule has 0 unspecified atom stereocenters. The number of fused-ring (bicyclic) bond motifs is 1. The highest BCUT2D eigenvalue weighted by atomic mass is 35.5. The van der Waals surface area contributed by atoms with E-state index in [1.54, 1.807) is 37.3 Å². The number of carbonyl (C=O) groups is 2. The molecule has 2 aromatic rings. The SMILES string of the molecule is CC[C@H](C)NC(=O)[C@H](C)N(Cc1ccc(Cl)c(Cl)c1)C(=O)CN(c1ccc2c(c1)OCO2)S(=O)(=O)CC. The van der Waals surface area contributed by atoms with E-state index in [4.69, 9.17) is 32.7 Å². The van der Waals surface area contributed by atoms with Crippen LogP contribution >= 0.6 is 23.2 Å². The van der Waals surface area contributed by atoms with E-state index in [-0.39, 0.29) is 36.7 Å². The molecule has 0 aliphatic carbocycles. The molecule has 0 radical (unpaired) electrons. The summed E-state index contributed by atoms with van der Waals surface area (Å²) < 4.78 is 37.9. The minimum Gasteiger partial charge on any atom is -0.454 e. The highest BCUT2D eigenvalue weighted by Gasteiger charge is 2.32. The van der Waals surface area contributed by atoms with Gasteiger partial charge >= 0.3 is 0 Å². The Morgan fingerprint density at radius 3 is 2.38 bits per heavy atom. The molecule has 0 spiro atoms. The summed E-state index contributed by atoms with van der Waals surface area (Å²) in [6.07, 6.45) is 0.714. The number of benzene rings is 2. The van der Waals surface area contributed by atoms with Crippen molar-refractivity contribution in [1.29, 1.82) is 0 Å². The zero-order valence-corrected chi connectivity index (χ0v) is 23.5. The van der Waals surface area contributed by atoms with Crippen LogP contribution in [0, 0.1) is 0 Å². The van der Waals surface area contributed by atoms with Gasteiger partial charge in [0.15, 0.2) is 11.5 Å². The molecule has 1 aliphatic rings. The van der Waals surface area contributed by atoms with Crippen LogP contribution in [0.4, 0.5) is 5.69 Å². The molecule has 1 aliphatic heterocycles. The first kappa shape index (κ1) is 28.9. The van der Waals surface area contributed by atoms with Crippen molar-refractivity contribution in [3.63, 3.8) is 0 Å². The Labute approximate surface area is 227 Å². The van der Waals surface area contributed by atoms with Gasteiger partial charge in [-0.3, -0.25) is 13.9 Å². The van der Waals surface area contributed by atoms with Gasteiger partial charge in [-0.2, -0.15) is 0 Å². The molecule has 0 bridgehead atoms. The van der Waals surface area contributed by atoms with Gasteiger partial charge in [0.2, 0.25) is 28.6 Å². The first-order chi connectivity index (χ1) is 17.5. The fourth-order valence-corrected chi connectivity index (χ4v) is 5.02. The molecule has 1 N–H and O–H groups in total. The molecule has 0 aromatic heterocycles. The number of hydrogen-bond acceptors (Lipinski definition) is 6. The molecule has 37 heavy (non-hydrogen) atoms. The Kier molecular flexibility index (Phi) is 9.55. The smallest absolute Gasteiger partial charge is 0.244 e. The number of sulfonamides is 1. The van der Waals surface area contributed by atoms with Gasteiger partial charge in [-0.15, -0.1) is 0 Å². The first-order valence-corrected chi connectivity index (χ1v) is 14.3. The fraction of sp³-hybridized carbons (Fsp3) is 0.440. The van der Waals surface area contributed by atoms with Crippen molar-refractivity contribution in [1.82, 2.24) is 10.2 Å². The Morgan fingerprint density at radius 1 is 1.03 bits per heavy atom. The number of ether oxygens (including phenoxy) is 2. The van der Waals surface area contributed by atoms with Crippen molar-refractivity contribution in [3.05, 3.63) is 52.0 Å². The molecule has 0 saturated heterocycles. The molecule has 0 fully saturated rings. The minimum absolute atomic E-state index is 0.0198. The lowest BCUT2D eigenvalue weighted by molar-refractivity contribution is -0.139. The number of rotatable bonds is 11. The molecule has 1 heterocycles. The third-order valence-electron chi connectivity index (χ3n) is 6.13. The monoisotopic (exact) mass is 571 g/mol. The number of nitrogens with one attached hydrogen (secondary N) is 1. The largest absolute Gasteiger partial charge is 0.454 e. The van der Waals surface area contributed by atoms with Crippen LogP contribution in [0.1, 0.15) is 39.7 Å². The van der Waals surface area contributed by atoms with E-state index in [0.717, 1.165) is 4.31 Å². The summed E-state index contributed by atoms with van der Waals surface area (Å²) in [6.45, 7) is 6.43. The molecule has 2 amide bonds. The third-order valence-corrected chi connectivity index (χ3v) is 8.61. The van der Waals surface area contributed by atoms with E-state index < -0.39 is 28.5 Å². The predicted octanol–water partition coefficient (Wildman–Crippen LogP) is 4.21. The Morgan fingerprint density at radius 2 is 1.73 bits per heavy atom. The molecule has 12 heteroatoms. The zero-order chi connectivity index (χ0) is 27.3. The zero-order valence-electron chi connectivity index (χ0n) is 21.2. The summed E-state index contributed by atoms with van der Waals surface area (Å²) in [5.74, 6) is -0.273. The molecule has 2 atom stereocenters. The number of hydrogen-bond donors (Lipinski definition) is 1. The highest BCUT2D eigenvalue weighted by molar-refractivity contribution is 7.92. The second-order valence-electron chi connectivity index (χ2n) is 8.71. The summed E-state index contributed by atoms with van der Waals surface area (Å²) in [5, 5.41) is 3.54. The van der Waals surface area contributed by atoms with Gasteiger partial charge in [0.25, 0.3) is 0 Å². The van der Waals surface area contributed by atoms with Crippen LogP contribution in [0.2, 0.25) is 10.0 Å². The van der Waals surface area contributed by atoms with E-state index in [1.807, 2.05) is 13.8 Å². The third kappa shape index (κ3) is 7.00. The second-order valence-corrected chi connectivity index (χ2v) is 11.7. The Bertz CT molecular complexity index is 1260. The van der Waals surface area contributed by atoms with Crippen molar-refractivity contribution in [2.24, 2.45) is 0 Å². The van der Waals surface area contributed by atoms with Gasteiger partial charge in [-0.25, -0.2) is 8.42 Å². The molecule has 202 valence electrons. The van der Waals surface area contributed by atoms with Crippen molar-refractivity contribution < 1.29 is 27.5 Å². The number of carbonyl (C=O) groups excluding carboxylic acids is 2. The average molecular weight is 573 g/mol. The number of amides is 2. The van der Waals surface area contributed by atoms with Gasteiger partial charge in [-0.05, 0) is 57.0 Å². The summed E-state index contributed by atoms with van der Waals surface area (Å²) in [7, 11) is -3.86. The van der Waals surface area contributed by atoms with Crippen molar-refractivity contribution in [3.8, 4) is 11.5 Å². The van der Waals surface area contributed by atoms with Gasteiger partial charge in [-0.1, -0.05) is 36.2 Å². The Balaban J connectivity index is 1.95. The van der Waals surface area contributed by atoms with Crippen LogP contribution in [-0.2, 0) is 26.2 Å². The first-order valence-electron chi connectivity index (χ1n) is 11.9. The fourth-order valence-electron chi connectivity index (χ4n) is 3.64. The van der Waals surface area contributed by atoms with Gasteiger partial charge in [0.1, 0.15) is 12.6 Å². The summed E-state index contributed by atoms with van der Waals surface area (Å²) in [6, 6.07) is 8.60. The maximum Gasteiger partial charge on any atom is 0.244 e. The van der Waals surface area contributed by atoms with Crippen LogP contribution < -0.4 is 19.1 Å². The van der Waals surface area contributed by atoms with Crippen molar-refractivity contribution in [2.75, 3.05) is 23.4 Å². The lowest BCUT2D eigenvalue weighted by Crippen LogP contribution is -2.52. The van der Waals surface area contributed by atoms with E-state index >= 15 is 0 Å². The molecular weight excluding hydrogens is 541 g/mol. The van der Waals surface area contributed by atoms with Crippen LogP contribution in [0.15, 0.2) is 36.4 Å². The number of anilines is 1. The molecule has 0 saturated carbocycles. The predicted molar refractivity (Wildman–Crippen MR) is 144 cm³/mol. The van der Waals surface area contributed by atoms with Crippen molar-refractivity contribution >= 4 is 50.7 Å². The topological polar surface area (TPSA) is 105 Å². The number of nitrogens with zero attached hydrogens (tertiary/aromatic N) is 2. The molecule has 3 rings (SSSR count). The maximum atomic E-state index is 13.7. The Hall–Kier alpha value is -2.69. The standard InChI is InChI=1S/C25H31Cl2N3O6S/c1-5-16(3)28-25(32)17(4)29(13-18-7-9-20(26)21(27)11-18)24(31)14-30(37(33,34)6-2)19-8-10-22-23(12-19)36-15-35-22/h7-12,16-17H,5-6,13-15H2,1-4H3,(H,28,32)/t16-,17-/m0/s1. The molecular formula is C25H31Cl2N3O6S. The van der Waals surface area contributed by atoms with Gasteiger partial charge in [0, 0.05) is 18.7 Å². The highest BCUT2D eigenvalue weighted by Crippen LogP contribution is 2.36. The normalized spacial score (nSPS) is 14.1. The number of halogens is 2. The van der Waals surface area contributed by atoms with E-state index in [0.29, 0.717) is 33.5 Å². The van der Waals surface area contributed by atoms with Crippen LogP contribution in [0.5, 0.6) is 11.5 Å². The van der Waals surface area contributed by atoms with Gasteiger partial charge < -0.3 is 19.7 Å². The quantitative estimate of drug-likeness (QED) is 0.433. The summed E-state index contributed by atoms with van der Waals surface area (Å²) in [4.78, 5) is 28.0. The average Bonchev–Trinajstić information content (AvgIpc) is 3.35.